The Bertz CT molecular complexity index is 1020. The highest BCUT2D eigenvalue weighted by molar-refractivity contribution is 9.10. The van der Waals surface area contributed by atoms with E-state index in [1.807, 2.05) is 0 Å². The number of benzene rings is 2. The number of esters is 1. The van der Waals surface area contributed by atoms with Crippen LogP contribution in [0, 0.1) is 0 Å². The number of ether oxygens (including phenoxy) is 1. The van der Waals surface area contributed by atoms with Gasteiger partial charge in [0.25, 0.3) is 5.91 Å². The molecule has 3 rings (SSSR count). The van der Waals surface area contributed by atoms with Gasteiger partial charge in [0.05, 0.1) is 11.8 Å². The van der Waals surface area contributed by atoms with Crippen LogP contribution in [0.15, 0.2) is 80.9 Å². The topological polar surface area (TPSA) is 80.6 Å². The van der Waals surface area contributed by atoms with Gasteiger partial charge in [0.15, 0.2) is 0 Å². The van der Waals surface area contributed by atoms with Crippen molar-refractivity contribution in [1.82, 2.24) is 10.4 Å². The molecule has 2 aromatic carbocycles. The Morgan fingerprint density at radius 1 is 1.00 bits per heavy atom. The van der Waals surface area contributed by atoms with Gasteiger partial charge in [0.1, 0.15) is 11.4 Å². The van der Waals surface area contributed by atoms with E-state index in [1.165, 1.54) is 12.4 Å². The molecule has 6 nitrogen and oxygen atoms in total. The molecule has 0 spiro atoms. The normalized spacial score (nSPS) is 10.6. The van der Waals surface area contributed by atoms with E-state index in [4.69, 9.17) is 4.74 Å². The first-order valence-corrected chi connectivity index (χ1v) is 9.63. The van der Waals surface area contributed by atoms with Gasteiger partial charge in [-0.2, -0.15) is 5.10 Å². The number of hydrogen-bond donors (Lipinski definition) is 1. The van der Waals surface area contributed by atoms with E-state index in [0.29, 0.717) is 16.9 Å². The first-order valence-electron chi connectivity index (χ1n) is 8.04. The molecule has 28 heavy (non-hydrogen) atoms. The Hall–Kier alpha value is -2.84. The summed E-state index contributed by atoms with van der Waals surface area (Å²) in [5.74, 6) is -0.630. The van der Waals surface area contributed by atoms with Crippen molar-refractivity contribution in [3.8, 4) is 5.75 Å². The number of amides is 1. The Balaban J connectivity index is 1.74. The molecule has 0 radical (unpaired) electrons. The number of halogens is 2. The Morgan fingerprint density at radius 2 is 1.75 bits per heavy atom. The third kappa shape index (κ3) is 5.34. The zero-order valence-electron chi connectivity index (χ0n) is 14.3. The summed E-state index contributed by atoms with van der Waals surface area (Å²) < 4.78 is 7.11. The van der Waals surface area contributed by atoms with Gasteiger partial charge in [-0.1, -0.05) is 37.9 Å². The minimum atomic E-state index is -0.498. The fraction of sp³-hybridized carbons (Fsp3) is 0. The fourth-order valence-electron chi connectivity index (χ4n) is 2.17. The molecule has 8 heteroatoms. The van der Waals surface area contributed by atoms with Crippen LogP contribution < -0.4 is 10.2 Å². The lowest BCUT2D eigenvalue weighted by Crippen LogP contribution is -2.18. The van der Waals surface area contributed by atoms with Gasteiger partial charge in [-0.05, 0) is 54.6 Å². The zero-order chi connectivity index (χ0) is 19.9. The average molecular weight is 503 g/mol. The number of carbonyl (C=O) groups is 2. The Kier molecular flexibility index (Phi) is 6.67. The second-order valence-corrected chi connectivity index (χ2v) is 7.32. The molecule has 0 saturated carbocycles. The maximum absolute atomic E-state index is 12.4. The van der Waals surface area contributed by atoms with Crippen LogP contribution in [-0.2, 0) is 0 Å². The maximum Gasteiger partial charge on any atom is 0.343 e. The molecular formula is C20H13Br2N3O3. The predicted octanol–water partition coefficient (Wildman–Crippen LogP) is 4.59. The molecule has 0 aliphatic carbocycles. The Morgan fingerprint density at radius 3 is 2.46 bits per heavy atom. The van der Waals surface area contributed by atoms with Crippen LogP contribution in [0.3, 0.4) is 0 Å². The van der Waals surface area contributed by atoms with E-state index in [9.17, 15) is 9.59 Å². The molecule has 0 unspecified atom stereocenters. The summed E-state index contributed by atoms with van der Waals surface area (Å²) in [5, 5.41) is 3.93. The second-order valence-electron chi connectivity index (χ2n) is 5.49. The van der Waals surface area contributed by atoms with Gasteiger partial charge in [-0.25, -0.2) is 10.2 Å². The standard InChI is InChI=1S/C20H13Br2N3O3/c21-15-6-4-13(5-7-15)20(27)28-18-9-8-16(22)11-14(18)12-24-25-19(26)17-3-1-2-10-23-17/h1-12H,(H,25,26). The van der Waals surface area contributed by atoms with Crippen molar-refractivity contribution in [2.45, 2.75) is 0 Å². The number of aromatic nitrogens is 1. The average Bonchev–Trinajstić information content (AvgIpc) is 2.71. The van der Waals surface area contributed by atoms with E-state index in [1.54, 1.807) is 60.7 Å². The maximum atomic E-state index is 12.4. The van der Waals surface area contributed by atoms with Gasteiger partial charge in [0.2, 0.25) is 0 Å². The van der Waals surface area contributed by atoms with Gasteiger partial charge in [-0.3, -0.25) is 9.78 Å². The fourth-order valence-corrected chi connectivity index (χ4v) is 2.82. The lowest BCUT2D eigenvalue weighted by molar-refractivity contribution is 0.0734. The molecule has 0 bridgehead atoms. The van der Waals surface area contributed by atoms with Gasteiger partial charge in [0, 0.05) is 20.7 Å². The van der Waals surface area contributed by atoms with Gasteiger partial charge in [-0.15, -0.1) is 0 Å². The van der Waals surface area contributed by atoms with Crippen molar-refractivity contribution in [1.29, 1.82) is 0 Å². The van der Waals surface area contributed by atoms with Crippen molar-refractivity contribution in [3.63, 3.8) is 0 Å². The molecule has 3 aromatic rings. The minimum absolute atomic E-state index is 0.246. The minimum Gasteiger partial charge on any atom is -0.422 e. The van der Waals surface area contributed by atoms with Crippen LogP contribution in [-0.4, -0.2) is 23.1 Å². The summed E-state index contributed by atoms with van der Waals surface area (Å²) in [5.41, 5.74) is 3.57. The largest absolute Gasteiger partial charge is 0.422 e. The summed E-state index contributed by atoms with van der Waals surface area (Å²) in [6, 6.07) is 16.9. The van der Waals surface area contributed by atoms with Crippen molar-refractivity contribution in [2.75, 3.05) is 0 Å². The van der Waals surface area contributed by atoms with Gasteiger partial charge < -0.3 is 4.74 Å². The molecule has 0 fully saturated rings. The monoisotopic (exact) mass is 501 g/mol. The molecule has 1 aromatic heterocycles. The second kappa shape index (κ2) is 9.38. The number of nitrogens with zero attached hydrogens (tertiary/aromatic N) is 2. The van der Waals surface area contributed by atoms with E-state index in [2.05, 4.69) is 47.4 Å². The van der Waals surface area contributed by atoms with Crippen molar-refractivity contribution >= 4 is 50.0 Å². The molecule has 140 valence electrons. The molecule has 1 N–H and O–H groups in total. The third-order valence-electron chi connectivity index (χ3n) is 3.52. The molecule has 1 heterocycles. The first-order chi connectivity index (χ1) is 13.5. The summed E-state index contributed by atoms with van der Waals surface area (Å²) in [4.78, 5) is 28.3. The number of carbonyl (C=O) groups excluding carboxylic acids is 2. The molecule has 1 amide bonds. The number of hydrazone groups is 1. The van der Waals surface area contributed by atoms with Crippen molar-refractivity contribution in [3.05, 3.63) is 92.6 Å². The predicted molar refractivity (Wildman–Crippen MR) is 113 cm³/mol. The Labute approximate surface area is 177 Å². The third-order valence-corrected chi connectivity index (χ3v) is 4.54. The smallest absolute Gasteiger partial charge is 0.343 e. The van der Waals surface area contributed by atoms with E-state index in [-0.39, 0.29) is 5.69 Å². The van der Waals surface area contributed by atoms with Gasteiger partial charge >= 0.3 is 5.97 Å². The number of hydrogen-bond acceptors (Lipinski definition) is 5. The van der Waals surface area contributed by atoms with Crippen LogP contribution in [0.25, 0.3) is 0 Å². The zero-order valence-corrected chi connectivity index (χ0v) is 17.5. The van der Waals surface area contributed by atoms with Crippen LogP contribution in [0.2, 0.25) is 0 Å². The molecule has 0 aliphatic heterocycles. The van der Waals surface area contributed by atoms with Crippen LogP contribution in [0.4, 0.5) is 0 Å². The quantitative estimate of drug-likeness (QED) is 0.239. The summed E-state index contributed by atoms with van der Waals surface area (Å²) >= 11 is 6.69. The highest BCUT2D eigenvalue weighted by Gasteiger charge is 2.12. The first kappa shape index (κ1) is 19.9. The molecular weight excluding hydrogens is 490 g/mol. The number of rotatable bonds is 5. The number of nitrogens with one attached hydrogen (secondary N) is 1. The van der Waals surface area contributed by atoms with Crippen LogP contribution in [0.1, 0.15) is 26.4 Å². The number of pyridine rings is 1. The van der Waals surface area contributed by atoms with E-state index < -0.39 is 11.9 Å². The van der Waals surface area contributed by atoms with E-state index >= 15 is 0 Å². The van der Waals surface area contributed by atoms with Crippen molar-refractivity contribution in [2.24, 2.45) is 5.10 Å². The van der Waals surface area contributed by atoms with E-state index in [0.717, 1.165) is 8.95 Å². The highest BCUT2D eigenvalue weighted by Crippen LogP contribution is 2.23. The van der Waals surface area contributed by atoms with Crippen molar-refractivity contribution < 1.29 is 14.3 Å². The SMILES string of the molecule is O=C(Oc1ccc(Br)cc1C=NNC(=O)c1ccccn1)c1ccc(Br)cc1. The lowest BCUT2D eigenvalue weighted by Gasteiger charge is -2.08. The summed E-state index contributed by atoms with van der Waals surface area (Å²) in [6.45, 7) is 0. The van der Waals surface area contributed by atoms with Crippen LogP contribution in [0.5, 0.6) is 5.75 Å². The molecule has 0 atom stereocenters. The highest BCUT2D eigenvalue weighted by atomic mass is 79.9. The lowest BCUT2D eigenvalue weighted by atomic mass is 10.2. The molecule has 0 saturated heterocycles. The molecule has 0 aliphatic rings. The van der Waals surface area contributed by atoms with Crippen LogP contribution >= 0.6 is 31.9 Å². The summed E-state index contributed by atoms with van der Waals surface area (Å²) in [6.07, 6.45) is 2.92. The summed E-state index contributed by atoms with van der Waals surface area (Å²) in [7, 11) is 0.